The van der Waals surface area contributed by atoms with Gasteiger partial charge in [-0.1, -0.05) is 12.1 Å². The molecular weight excluding hydrogens is 314 g/mol. The molecule has 3 rings (SSSR count). The zero-order chi connectivity index (χ0) is 16.2. The Hall–Kier alpha value is -3.00. The summed E-state index contributed by atoms with van der Waals surface area (Å²) in [6, 6.07) is 10.6. The second kappa shape index (κ2) is 6.41. The molecule has 3 aromatic rings. The molecule has 0 spiro atoms. The van der Waals surface area contributed by atoms with Crippen LogP contribution in [0.25, 0.3) is 11.5 Å². The van der Waals surface area contributed by atoms with Gasteiger partial charge in [0, 0.05) is 11.8 Å². The van der Waals surface area contributed by atoms with Gasteiger partial charge in [-0.3, -0.25) is 4.98 Å². The van der Waals surface area contributed by atoms with Crippen LogP contribution in [0, 0.1) is 4.77 Å². The van der Waals surface area contributed by atoms with Crippen LogP contribution in [0.15, 0.2) is 47.7 Å². The fourth-order valence-electron chi connectivity index (χ4n) is 1.99. The Kier molecular flexibility index (Phi) is 4.15. The molecule has 0 saturated carbocycles. The number of phenols is 1. The topological polar surface area (TPSA) is 88.3 Å². The monoisotopic (exact) mass is 327 g/mol. The van der Waals surface area contributed by atoms with E-state index in [0.29, 0.717) is 27.6 Å². The van der Waals surface area contributed by atoms with E-state index in [4.69, 9.17) is 17.0 Å². The van der Waals surface area contributed by atoms with Crippen molar-refractivity contribution in [2.24, 2.45) is 5.10 Å². The maximum atomic E-state index is 10.1. The minimum atomic E-state index is 0.00755. The van der Waals surface area contributed by atoms with Crippen molar-refractivity contribution >= 4 is 18.4 Å². The number of hydrogen-bond donors (Lipinski definition) is 2. The lowest BCUT2D eigenvalue weighted by atomic mass is 10.2. The predicted molar refractivity (Wildman–Crippen MR) is 88.3 cm³/mol. The number of aromatic amines is 1. The van der Waals surface area contributed by atoms with E-state index in [1.54, 1.807) is 30.5 Å². The van der Waals surface area contributed by atoms with Crippen LogP contribution in [0.5, 0.6) is 11.5 Å². The van der Waals surface area contributed by atoms with Crippen LogP contribution in [-0.2, 0) is 0 Å². The minimum absolute atomic E-state index is 0.00755. The minimum Gasteiger partial charge on any atom is -0.504 e. The van der Waals surface area contributed by atoms with E-state index >= 15 is 0 Å². The molecule has 0 aliphatic heterocycles. The number of pyridine rings is 1. The summed E-state index contributed by atoms with van der Waals surface area (Å²) in [7, 11) is 1.49. The highest BCUT2D eigenvalue weighted by Crippen LogP contribution is 2.28. The van der Waals surface area contributed by atoms with Crippen LogP contribution >= 0.6 is 12.2 Å². The van der Waals surface area contributed by atoms with Gasteiger partial charge in [-0.25, -0.2) is 5.10 Å². The average molecular weight is 327 g/mol. The molecule has 23 heavy (non-hydrogen) atoms. The number of hydrogen-bond acceptors (Lipinski definition) is 6. The normalized spacial score (nSPS) is 11.0. The standard InChI is InChI=1S/C15H13N5O2S/c1-22-12-7-4-5-10(13(12)21)9-17-20-14(18-19-15(20)23)11-6-2-3-8-16-11/h2-9,21H,1H3,(H,19,23)/b17-9-. The summed E-state index contributed by atoms with van der Waals surface area (Å²) in [6.45, 7) is 0. The molecule has 0 amide bonds. The zero-order valence-corrected chi connectivity index (χ0v) is 13.0. The van der Waals surface area contributed by atoms with Crippen LogP contribution < -0.4 is 4.74 Å². The van der Waals surface area contributed by atoms with Crippen molar-refractivity contribution in [3.05, 3.63) is 52.9 Å². The number of nitrogens with zero attached hydrogens (tertiary/aromatic N) is 4. The number of rotatable bonds is 4. The van der Waals surface area contributed by atoms with Gasteiger partial charge in [-0.2, -0.15) is 14.9 Å². The molecule has 7 nitrogen and oxygen atoms in total. The first kappa shape index (κ1) is 14.9. The van der Waals surface area contributed by atoms with Crippen LogP contribution in [0.4, 0.5) is 0 Å². The molecule has 0 bridgehead atoms. The molecular formula is C15H13N5O2S. The van der Waals surface area contributed by atoms with Gasteiger partial charge in [0.25, 0.3) is 0 Å². The number of para-hydroxylation sites is 1. The van der Waals surface area contributed by atoms with E-state index in [9.17, 15) is 5.11 Å². The highest BCUT2D eigenvalue weighted by Gasteiger charge is 2.09. The number of phenolic OH excluding ortho intramolecular Hbond substituents is 1. The maximum Gasteiger partial charge on any atom is 0.216 e. The number of ether oxygens (including phenoxy) is 1. The quantitative estimate of drug-likeness (QED) is 0.568. The van der Waals surface area contributed by atoms with Crippen molar-refractivity contribution in [3.8, 4) is 23.0 Å². The number of methoxy groups -OCH3 is 1. The Labute approximate surface area is 136 Å². The van der Waals surface area contributed by atoms with Gasteiger partial charge >= 0.3 is 0 Å². The van der Waals surface area contributed by atoms with Crippen molar-refractivity contribution in [1.29, 1.82) is 0 Å². The van der Waals surface area contributed by atoms with E-state index in [2.05, 4.69) is 20.3 Å². The van der Waals surface area contributed by atoms with Gasteiger partial charge in [-0.15, -0.1) is 0 Å². The van der Waals surface area contributed by atoms with Gasteiger partial charge in [0.05, 0.1) is 13.3 Å². The summed E-state index contributed by atoms with van der Waals surface area (Å²) in [5.74, 6) is 0.858. The molecule has 0 unspecified atom stereocenters. The van der Waals surface area contributed by atoms with Crippen molar-refractivity contribution < 1.29 is 9.84 Å². The van der Waals surface area contributed by atoms with Gasteiger partial charge in [0.2, 0.25) is 10.6 Å². The summed E-state index contributed by atoms with van der Waals surface area (Å²) in [5, 5.41) is 21.2. The molecule has 116 valence electrons. The molecule has 0 saturated heterocycles. The third-order valence-corrected chi connectivity index (χ3v) is 3.37. The smallest absolute Gasteiger partial charge is 0.216 e. The average Bonchev–Trinajstić information content (AvgIpc) is 2.95. The first-order chi connectivity index (χ1) is 11.2. The number of nitrogens with one attached hydrogen (secondary N) is 1. The van der Waals surface area contributed by atoms with Crippen molar-refractivity contribution in [1.82, 2.24) is 19.9 Å². The Bertz CT molecular complexity index is 902. The second-order valence-electron chi connectivity index (χ2n) is 4.52. The Morgan fingerprint density at radius 2 is 2.17 bits per heavy atom. The van der Waals surface area contributed by atoms with Gasteiger partial charge in [0.1, 0.15) is 5.69 Å². The Balaban J connectivity index is 2.01. The van der Waals surface area contributed by atoms with Crippen LogP contribution in [-0.4, -0.2) is 38.3 Å². The summed E-state index contributed by atoms with van der Waals surface area (Å²) in [5.41, 5.74) is 1.13. The SMILES string of the molecule is COc1cccc(/C=N\n2c(-c3ccccn3)n[nH]c2=S)c1O. The molecule has 8 heteroatoms. The van der Waals surface area contributed by atoms with Gasteiger partial charge in [-0.05, 0) is 36.5 Å². The number of aromatic nitrogens is 4. The maximum absolute atomic E-state index is 10.1. The molecule has 0 radical (unpaired) electrons. The lowest BCUT2D eigenvalue weighted by molar-refractivity contribution is 0.373. The molecule has 2 aromatic heterocycles. The summed E-state index contributed by atoms with van der Waals surface area (Å²) in [4.78, 5) is 4.23. The highest BCUT2D eigenvalue weighted by atomic mass is 32.1. The van der Waals surface area contributed by atoms with Crippen LogP contribution in [0.1, 0.15) is 5.56 Å². The molecule has 0 aliphatic rings. The summed E-state index contributed by atoms with van der Waals surface area (Å²) >= 11 is 5.19. The third-order valence-electron chi connectivity index (χ3n) is 3.11. The molecule has 0 fully saturated rings. The van der Waals surface area contributed by atoms with Gasteiger partial charge in [0.15, 0.2) is 11.5 Å². The predicted octanol–water partition coefficient (Wildman–Crippen LogP) is 2.60. The van der Waals surface area contributed by atoms with E-state index in [-0.39, 0.29) is 5.75 Å². The molecule has 2 heterocycles. The van der Waals surface area contributed by atoms with Crippen molar-refractivity contribution in [2.45, 2.75) is 0 Å². The Morgan fingerprint density at radius 1 is 1.30 bits per heavy atom. The first-order valence-electron chi connectivity index (χ1n) is 6.70. The molecule has 2 N–H and O–H groups in total. The van der Waals surface area contributed by atoms with E-state index in [1.807, 2.05) is 12.1 Å². The fraction of sp³-hybridized carbons (Fsp3) is 0.0667. The van der Waals surface area contributed by atoms with Crippen LogP contribution in [0.3, 0.4) is 0 Å². The van der Waals surface area contributed by atoms with Crippen molar-refractivity contribution in [3.63, 3.8) is 0 Å². The number of aromatic hydroxyl groups is 1. The van der Waals surface area contributed by atoms with Crippen molar-refractivity contribution in [2.75, 3.05) is 7.11 Å². The first-order valence-corrected chi connectivity index (χ1v) is 7.10. The zero-order valence-electron chi connectivity index (χ0n) is 12.2. The second-order valence-corrected chi connectivity index (χ2v) is 4.91. The third kappa shape index (κ3) is 2.97. The molecule has 0 atom stereocenters. The Morgan fingerprint density at radius 3 is 2.91 bits per heavy atom. The lowest BCUT2D eigenvalue weighted by Crippen LogP contribution is -1.97. The molecule has 1 aromatic carbocycles. The fourth-order valence-corrected chi connectivity index (χ4v) is 2.17. The number of H-pyrrole nitrogens is 1. The number of benzene rings is 1. The summed E-state index contributed by atoms with van der Waals surface area (Å²) < 4.78 is 6.84. The van der Waals surface area contributed by atoms with Crippen LogP contribution in [0.2, 0.25) is 0 Å². The van der Waals surface area contributed by atoms with E-state index < -0.39 is 0 Å². The lowest BCUT2D eigenvalue weighted by Gasteiger charge is -2.05. The molecule has 0 aliphatic carbocycles. The highest BCUT2D eigenvalue weighted by molar-refractivity contribution is 7.71. The van der Waals surface area contributed by atoms with Gasteiger partial charge < -0.3 is 9.84 Å². The largest absolute Gasteiger partial charge is 0.504 e. The van der Waals surface area contributed by atoms with E-state index in [1.165, 1.54) is 18.0 Å². The summed E-state index contributed by atoms with van der Waals surface area (Å²) in [6.07, 6.45) is 3.14. The van der Waals surface area contributed by atoms with E-state index in [0.717, 1.165) is 0 Å².